The summed E-state index contributed by atoms with van der Waals surface area (Å²) in [5.41, 5.74) is -0.102. The second-order valence-electron chi connectivity index (χ2n) is 8.70. The van der Waals surface area contributed by atoms with E-state index in [2.05, 4.69) is 32.1 Å². The second-order valence-corrected chi connectivity index (χ2v) is 10.2. The van der Waals surface area contributed by atoms with Crippen LogP contribution in [0.25, 0.3) is 11.3 Å². The number of likely N-dealkylation sites (tertiary alicyclic amines) is 1. The number of rotatable bonds is 9. The minimum atomic E-state index is -4.60. The van der Waals surface area contributed by atoms with Gasteiger partial charge in [-0.25, -0.2) is 15.0 Å². The molecule has 1 saturated heterocycles. The molecule has 7 nitrogen and oxygen atoms in total. The van der Waals surface area contributed by atoms with Gasteiger partial charge in [0.2, 0.25) is 0 Å². The number of hydrogen-bond donors (Lipinski definition) is 1. The largest absolute Gasteiger partial charge is 0.493 e. The summed E-state index contributed by atoms with van der Waals surface area (Å²) in [4.78, 5) is 28.1. The lowest BCUT2D eigenvalue weighted by Gasteiger charge is -2.23. The van der Waals surface area contributed by atoms with Crippen LogP contribution in [0, 0.1) is 0 Å². The fourth-order valence-corrected chi connectivity index (χ4v) is 5.42. The fourth-order valence-electron chi connectivity index (χ4n) is 4.32. The Labute approximate surface area is 222 Å². The van der Waals surface area contributed by atoms with Crippen LogP contribution in [-0.4, -0.2) is 45.0 Å². The molecule has 1 aromatic carbocycles. The van der Waals surface area contributed by atoms with Crippen molar-refractivity contribution in [1.29, 1.82) is 0 Å². The van der Waals surface area contributed by atoms with E-state index in [9.17, 15) is 18.0 Å². The molecule has 1 N–H and O–H groups in total. The molecule has 1 fully saturated rings. The van der Waals surface area contributed by atoms with Crippen molar-refractivity contribution in [1.82, 2.24) is 19.9 Å². The second kappa shape index (κ2) is 11.7. The van der Waals surface area contributed by atoms with Crippen LogP contribution in [0.3, 0.4) is 0 Å². The number of benzene rings is 1. The summed E-state index contributed by atoms with van der Waals surface area (Å²) in [6.07, 6.45) is 1.61. The van der Waals surface area contributed by atoms with E-state index in [1.165, 1.54) is 29.8 Å². The maximum Gasteiger partial charge on any atom is 0.419 e. The van der Waals surface area contributed by atoms with Crippen LogP contribution in [-0.2, 0) is 12.7 Å². The van der Waals surface area contributed by atoms with Gasteiger partial charge >= 0.3 is 6.18 Å². The lowest BCUT2D eigenvalue weighted by atomic mass is 10.1. The summed E-state index contributed by atoms with van der Waals surface area (Å²) in [7, 11) is 0. The van der Waals surface area contributed by atoms with Gasteiger partial charge in [-0.1, -0.05) is 36.8 Å². The van der Waals surface area contributed by atoms with Gasteiger partial charge in [0.05, 0.1) is 30.3 Å². The minimum Gasteiger partial charge on any atom is -0.493 e. The van der Waals surface area contributed by atoms with Gasteiger partial charge in [0, 0.05) is 23.0 Å². The van der Waals surface area contributed by atoms with Crippen LogP contribution in [0.5, 0.6) is 5.75 Å². The van der Waals surface area contributed by atoms with E-state index in [0.717, 1.165) is 36.8 Å². The Morgan fingerprint density at radius 1 is 1.27 bits per heavy atom. The molecule has 3 heterocycles. The number of amides is 1. The molecule has 0 unspecified atom stereocenters. The smallest absolute Gasteiger partial charge is 0.419 e. The summed E-state index contributed by atoms with van der Waals surface area (Å²) in [5.74, 6) is -0.752. The third-order valence-corrected chi connectivity index (χ3v) is 7.26. The van der Waals surface area contributed by atoms with Gasteiger partial charge in [-0.2, -0.15) is 13.2 Å². The molecule has 3 aromatic rings. The molecule has 1 atom stereocenters. The maximum absolute atomic E-state index is 13.9. The number of nitrogens with one attached hydrogen (secondary N) is 1. The minimum absolute atomic E-state index is 0.0464. The van der Waals surface area contributed by atoms with Crippen LogP contribution in [0.2, 0.25) is 5.15 Å². The lowest BCUT2D eigenvalue weighted by Crippen LogP contribution is -2.28. The van der Waals surface area contributed by atoms with E-state index in [0.29, 0.717) is 30.3 Å². The molecule has 0 saturated carbocycles. The van der Waals surface area contributed by atoms with Crippen molar-refractivity contribution >= 4 is 34.0 Å². The molecule has 12 heteroatoms. The standard InChI is InChI=1S/C25H27ClF3N5O2S/c1-3-10-36-19-8-7-15(11-17(19)25(27,28)29)22-20(14-34-9-5-6-16(34)4-2)37-24(32-22)33-23(35)18-12-31-21(26)13-30-18/h7-8,11-13,16H,3-6,9-10,14H2,1-2H3,(H,32,33,35)/t16-/m1/s1. The summed E-state index contributed by atoms with van der Waals surface area (Å²) < 4.78 is 47.1. The average Bonchev–Trinajstić information content (AvgIpc) is 3.49. The molecule has 2 aromatic heterocycles. The van der Waals surface area contributed by atoms with Gasteiger partial charge in [-0.3, -0.25) is 15.0 Å². The van der Waals surface area contributed by atoms with Gasteiger partial charge in [0.25, 0.3) is 5.91 Å². The number of nitrogens with zero attached hydrogens (tertiary/aromatic N) is 4. The molecule has 1 aliphatic rings. The SMILES string of the molecule is CCCOc1ccc(-c2nc(NC(=O)c3cnc(Cl)cn3)sc2CN2CCC[C@H]2CC)cc1C(F)(F)F. The molecule has 0 radical (unpaired) electrons. The first-order valence-electron chi connectivity index (χ1n) is 12.1. The van der Waals surface area contributed by atoms with Crippen molar-refractivity contribution < 1.29 is 22.7 Å². The highest BCUT2D eigenvalue weighted by Gasteiger charge is 2.35. The van der Waals surface area contributed by atoms with E-state index < -0.39 is 17.6 Å². The first-order valence-corrected chi connectivity index (χ1v) is 13.3. The first-order chi connectivity index (χ1) is 17.7. The Kier molecular flexibility index (Phi) is 8.66. The molecule has 4 rings (SSSR count). The number of carbonyl (C=O) groups excluding carboxylic acids is 1. The van der Waals surface area contributed by atoms with Crippen LogP contribution in [0.15, 0.2) is 30.6 Å². The van der Waals surface area contributed by atoms with Crippen LogP contribution in [0.4, 0.5) is 18.3 Å². The number of ether oxygens (including phenoxy) is 1. The van der Waals surface area contributed by atoms with E-state index >= 15 is 0 Å². The molecule has 0 spiro atoms. The molecule has 37 heavy (non-hydrogen) atoms. The zero-order chi connectivity index (χ0) is 26.6. The van der Waals surface area contributed by atoms with E-state index in [1.54, 1.807) is 6.07 Å². The lowest BCUT2D eigenvalue weighted by molar-refractivity contribution is -0.138. The van der Waals surface area contributed by atoms with Crippen molar-refractivity contribution in [3.05, 3.63) is 51.9 Å². The molecule has 0 bridgehead atoms. The maximum atomic E-state index is 13.9. The number of thiazole rings is 1. The number of halogens is 4. The Balaban J connectivity index is 1.71. The van der Waals surface area contributed by atoms with Crippen LogP contribution < -0.4 is 10.1 Å². The fraction of sp³-hybridized carbons (Fsp3) is 0.440. The summed E-state index contributed by atoms with van der Waals surface area (Å²) in [6, 6.07) is 4.38. The summed E-state index contributed by atoms with van der Waals surface area (Å²) in [5, 5.41) is 3.11. The Bertz CT molecular complexity index is 1240. The third-order valence-electron chi connectivity index (χ3n) is 6.11. The number of anilines is 1. The highest BCUT2D eigenvalue weighted by molar-refractivity contribution is 7.16. The van der Waals surface area contributed by atoms with E-state index in [4.69, 9.17) is 16.3 Å². The zero-order valence-electron chi connectivity index (χ0n) is 20.4. The number of alkyl halides is 3. The molecule has 0 aliphatic carbocycles. The Morgan fingerprint density at radius 2 is 2.08 bits per heavy atom. The van der Waals surface area contributed by atoms with E-state index in [1.807, 2.05) is 6.92 Å². The van der Waals surface area contributed by atoms with Gasteiger partial charge in [0.1, 0.15) is 16.6 Å². The first kappa shape index (κ1) is 27.3. The van der Waals surface area contributed by atoms with Crippen molar-refractivity contribution in [3.8, 4) is 17.0 Å². The van der Waals surface area contributed by atoms with Crippen LogP contribution >= 0.6 is 22.9 Å². The quantitative estimate of drug-likeness (QED) is 0.318. The van der Waals surface area contributed by atoms with Crippen LogP contribution in [0.1, 0.15) is 60.5 Å². The van der Waals surface area contributed by atoms with Gasteiger partial charge in [0.15, 0.2) is 5.13 Å². The van der Waals surface area contributed by atoms with Gasteiger partial charge < -0.3 is 4.74 Å². The van der Waals surface area contributed by atoms with Crippen molar-refractivity contribution in [2.75, 3.05) is 18.5 Å². The molecular formula is C25H27ClF3N5O2S. The molecule has 198 valence electrons. The average molecular weight is 554 g/mol. The summed E-state index contributed by atoms with van der Waals surface area (Å²) in [6.45, 7) is 5.56. The molecular weight excluding hydrogens is 527 g/mol. The van der Waals surface area contributed by atoms with Crippen molar-refractivity contribution in [2.24, 2.45) is 0 Å². The monoisotopic (exact) mass is 553 g/mol. The zero-order valence-corrected chi connectivity index (χ0v) is 22.0. The normalized spacial score (nSPS) is 16.2. The number of hydrogen-bond acceptors (Lipinski definition) is 7. The highest BCUT2D eigenvalue weighted by atomic mass is 35.5. The van der Waals surface area contributed by atoms with Gasteiger partial charge in [-0.05, 0) is 50.4 Å². The van der Waals surface area contributed by atoms with E-state index in [-0.39, 0.29) is 28.3 Å². The number of aromatic nitrogens is 3. The molecule has 1 amide bonds. The predicted octanol–water partition coefficient (Wildman–Crippen LogP) is 6.69. The van der Waals surface area contributed by atoms with Crippen molar-refractivity contribution in [2.45, 2.75) is 58.3 Å². The third kappa shape index (κ3) is 6.58. The predicted molar refractivity (Wildman–Crippen MR) is 137 cm³/mol. The Morgan fingerprint density at radius 3 is 2.76 bits per heavy atom. The van der Waals surface area contributed by atoms with Gasteiger partial charge in [-0.15, -0.1) is 0 Å². The van der Waals surface area contributed by atoms with Crippen molar-refractivity contribution in [3.63, 3.8) is 0 Å². The topological polar surface area (TPSA) is 80.2 Å². The molecule has 1 aliphatic heterocycles. The number of carbonyl (C=O) groups is 1. The summed E-state index contributed by atoms with van der Waals surface area (Å²) >= 11 is 6.99. The Hall–Kier alpha value is -2.76. The highest BCUT2D eigenvalue weighted by Crippen LogP contribution is 2.41.